The summed E-state index contributed by atoms with van der Waals surface area (Å²) in [7, 11) is 0. The maximum atomic E-state index is 12.7. The Labute approximate surface area is 193 Å². The molecular formula is C21H17Cl4NO4. The lowest BCUT2D eigenvalue weighted by Crippen LogP contribution is -2.32. The molecule has 1 amide bonds. The van der Waals surface area contributed by atoms with Crippen molar-refractivity contribution < 1.29 is 19.1 Å². The first-order valence-electron chi connectivity index (χ1n) is 9.12. The van der Waals surface area contributed by atoms with E-state index in [1.165, 1.54) is 4.90 Å². The molecule has 3 rings (SSSR count). The van der Waals surface area contributed by atoms with Gasteiger partial charge in [-0.25, -0.2) is 0 Å². The summed E-state index contributed by atoms with van der Waals surface area (Å²) in [6, 6.07) is 11.2. The van der Waals surface area contributed by atoms with Gasteiger partial charge in [0.2, 0.25) is 11.7 Å². The third-order valence-corrected chi connectivity index (χ3v) is 6.01. The lowest BCUT2D eigenvalue weighted by molar-refractivity contribution is -0.151. The number of carbonyl (C=O) groups excluding carboxylic acids is 3. The largest absolute Gasteiger partial charge is 0.454 e. The number of Topliss-reactive ketones (excluding diaryl/α,β-unsaturated/α-hetero) is 1. The second kappa shape index (κ2) is 10.0. The SMILES string of the molecule is O=C(O[C@@H](CCCl)C(=O)c1ccc(Cl)cc1)[C@@H]1CC(=O)N(c2cccc(Cl)c2Cl)C1. The Morgan fingerprint density at radius 2 is 1.80 bits per heavy atom. The number of ketones is 1. The molecule has 1 heterocycles. The van der Waals surface area contributed by atoms with E-state index in [4.69, 9.17) is 51.1 Å². The number of amides is 1. The number of benzene rings is 2. The molecule has 0 unspecified atom stereocenters. The third-order valence-electron chi connectivity index (χ3n) is 4.73. The van der Waals surface area contributed by atoms with Crippen molar-refractivity contribution in [2.24, 2.45) is 5.92 Å². The molecule has 1 saturated heterocycles. The molecule has 0 aromatic heterocycles. The van der Waals surface area contributed by atoms with Crippen LogP contribution in [0.2, 0.25) is 15.1 Å². The first kappa shape index (κ1) is 22.9. The van der Waals surface area contributed by atoms with Crippen LogP contribution in [0.5, 0.6) is 0 Å². The van der Waals surface area contributed by atoms with E-state index in [9.17, 15) is 14.4 Å². The third kappa shape index (κ3) is 5.09. The van der Waals surface area contributed by atoms with Crippen LogP contribution >= 0.6 is 46.4 Å². The molecule has 0 bridgehead atoms. The molecule has 0 saturated carbocycles. The van der Waals surface area contributed by atoms with Gasteiger partial charge in [-0.1, -0.05) is 40.9 Å². The van der Waals surface area contributed by atoms with Crippen LogP contribution in [0, 0.1) is 5.92 Å². The summed E-state index contributed by atoms with van der Waals surface area (Å²) in [5.74, 6) is -1.89. The van der Waals surface area contributed by atoms with Gasteiger partial charge in [0.25, 0.3) is 0 Å². The lowest BCUT2D eigenvalue weighted by atomic mass is 10.0. The van der Waals surface area contributed by atoms with E-state index in [1.807, 2.05) is 0 Å². The van der Waals surface area contributed by atoms with Gasteiger partial charge in [-0.05, 0) is 36.4 Å². The van der Waals surface area contributed by atoms with Gasteiger partial charge in [0.05, 0.1) is 21.7 Å². The van der Waals surface area contributed by atoms with E-state index in [0.29, 0.717) is 21.3 Å². The van der Waals surface area contributed by atoms with E-state index in [0.717, 1.165) is 0 Å². The minimum Gasteiger partial charge on any atom is -0.454 e. The predicted molar refractivity (Wildman–Crippen MR) is 118 cm³/mol. The zero-order chi connectivity index (χ0) is 21.8. The van der Waals surface area contributed by atoms with Gasteiger partial charge < -0.3 is 9.64 Å². The van der Waals surface area contributed by atoms with Crippen molar-refractivity contribution in [3.8, 4) is 0 Å². The van der Waals surface area contributed by atoms with E-state index >= 15 is 0 Å². The number of hydrogen-bond donors (Lipinski definition) is 0. The maximum Gasteiger partial charge on any atom is 0.312 e. The van der Waals surface area contributed by atoms with E-state index in [-0.39, 0.29) is 42.0 Å². The van der Waals surface area contributed by atoms with Crippen molar-refractivity contribution >= 4 is 69.8 Å². The number of nitrogens with zero attached hydrogens (tertiary/aromatic N) is 1. The Hall–Kier alpha value is -1.79. The van der Waals surface area contributed by atoms with Gasteiger partial charge in [-0.3, -0.25) is 14.4 Å². The summed E-state index contributed by atoms with van der Waals surface area (Å²) in [5.41, 5.74) is 0.788. The zero-order valence-corrected chi connectivity index (χ0v) is 18.6. The Kier molecular flexibility index (Phi) is 7.64. The quantitative estimate of drug-likeness (QED) is 0.296. The van der Waals surface area contributed by atoms with Crippen molar-refractivity contribution in [1.82, 2.24) is 0 Å². The number of esters is 1. The molecular weight excluding hydrogens is 472 g/mol. The summed E-state index contributed by atoms with van der Waals surface area (Å²) < 4.78 is 5.46. The second-order valence-electron chi connectivity index (χ2n) is 6.75. The average molecular weight is 489 g/mol. The lowest BCUT2D eigenvalue weighted by Gasteiger charge is -2.20. The fourth-order valence-corrected chi connectivity index (χ4v) is 3.90. The van der Waals surface area contributed by atoms with Crippen LogP contribution in [0.15, 0.2) is 42.5 Å². The molecule has 1 aliphatic heterocycles. The summed E-state index contributed by atoms with van der Waals surface area (Å²) >= 11 is 23.9. The zero-order valence-electron chi connectivity index (χ0n) is 15.6. The van der Waals surface area contributed by atoms with Crippen molar-refractivity contribution in [2.45, 2.75) is 18.9 Å². The molecule has 0 spiro atoms. The Bertz CT molecular complexity index is 964. The van der Waals surface area contributed by atoms with Crippen LogP contribution in [0.3, 0.4) is 0 Å². The fraction of sp³-hybridized carbons (Fsp3) is 0.286. The standard InChI is InChI=1S/C21H17Cl4NO4/c22-9-8-17(20(28)12-4-6-14(23)7-5-12)30-21(29)13-10-18(27)26(11-13)16-3-1-2-15(24)19(16)25/h1-7,13,17H,8-11H2/t13-,17+/m1/s1. The molecule has 0 radical (unpaired) electrons. The highest BCUT2D eigenvalue weighted by atomic mass is 35.5. The minimum atomic E-state index is -1.05. The van der Waals surface area contributed by atoms with Gasteiger partial charge in [-0.15, -0.1) is 11.6 Å². The van der Waals surface area contributed by atoms with Crippen LogP contribution < -0.4 is 4.90 Å². The summed E-state index contributed by atoms with van der Waals surface area (Å²) in [6.07, 6.45) is -0.945. The fourth-order valence-electron chi connectivity index (χ4n) is 3.18. The number of anilines is 1. The van der Waals surface area contributed by atoms with Gasteiger partial charge in [0.1, 0.15) is 0 Å². The number of halogens is 4. The number of carbonyl (C=O) groups is 3. The molecule has 30 heavy (non-hydrogen) atoms. The molecule has 2 aromatic rings. The normalized spacial score (nSPS) is 17.1. The second-order valence-corrected chi connectivity index (χ2v) is 8.35. The van der Waals surface area contributed by atoms with Gasteiger partial charge in [0.15, 0.2) is 6.10 Å². The maximum absolute atomic E-state index is 12.7. The molecule has 9 heteroatoms. The first-order valence-corrected chi connectivity index (χ1v) is 10.8. The van der Waals surface area contributed by atoms with Gasteiger partial charge >= 0.3 is 5.97 Å². The van der Waals surface area contributed by atoms with Crippen LogP contribution in [0.4, 0.5) is 5.69 Å². The first-order chi connectivity index (χ1) is 14.3. The molecule has 158 valence electrons. The van der Waals surface area contributed by atoms with Crippen LogP contribution in [-0.4, -0.2) is 36.2 Å². The van der Waals surface area contributed by atoms with E-state index in [1.54, 1.807) is 42.5 Å². The highest BCUT2D eigenvalue weighted by molar-refractivity contribution is 6.44. The summed E-state index contributed by atoms with van der Waals surface area (Å²) in [4.78, 5) is 39.3. The number of rotatable bonds is 7. The molecule has 1 aliphatic rings. The monoisotopic (exact) mass is 487 g/mol. The smallest absolute Gasteiger partial charge is 0.312 e. The van der Waals surface area contributed by atoms with E-state index in [2.05, 4.69) is 0 Å². The Balaban J connectivity index is 1.72. The van der Waals surface area contributed by atoms with Gasteiger partial charge in [0, 0.05) is 35.9 Å². The summed E-state index contributed by atoms with van der Waals surface area (Å²) in [6.45, 7) is 0.0838. The van der Waals surface area contributed by atoms with Crippen LogP contribution in [-0.2, 0) is 14.3 Å². The molecule has 2 atom stereocenters. The minimum absolute atomic E-state index is 0.0512. The average Bonchev–Trinajstić information content (AvgIpc) is 3.11. The van der Waals surface area contributed by atoms with Gasteiger partial charge in [-0.2, -0.15) is 0 Å². The highest BCUT2D eigenvalue weighted by Gasteiger charge is 2.38. The van der Waals surface area contributed by atoms with Crippen molar-refractivity contribution in [2.75, 3.05) is 17.3 Å². The predicted octanol–water partition coefficient (Wildman–Crippen LogP) is 5.42. The van der Waals surface area contributed by atoms with Crippen LogP contribution in [0.1, 0.15) is 23.2 Å². The molecule has 5 nitrogen and oxygen atoms in total. The number of ether oxygens (including phenoxy) is 1. The van der Waals surface area contributed by atoms with Crippen molar-refractivity contribution in [3.05, 3.63) is 63.1 Å². The topological polar surface area (TPSA) is 63.7 Å². The molecule has 0 N–H and O–H groups in total. The Morgan fingerprint density at radius 1 is 1.10 bits per heavy atom. The summed E-state index contributed by atoms with van der Waals surface area (Å²) in [5, 5.41) is 1.03. The Morgan fingerprint density at radius 3 is 2.47 bits per heavy atom. The van der Waals surface area contributed by atoms with Crippen molar-refractivity contribution in [1.29, 1.82) is 0 Å². The number of alkyl halides is 1. The van der Waals surface area contributed by atoms with Crippen molar-refractivity contribution in [3.63, 3.8) is 0 Å². The molecule has 2 aromatic carbocycles. The number of hydrogen-bond acceptors (Lipinski definition) is 4. The highest BCUT2D eigenvalue weighted by Crippen LogP contribution is 2.36. The molecule has 1 fully saturated rings. The van der Waals surface area contributed by atoms with Crippen LogP contribution in [0.25, 0.3) is 0 Å². The van der Waals surface area contributed by atoms with E-state index < -0.39 is 18.0 Å². The molecule has 0 aliphatic carbocycles.